The zero-order valence-corrected chi connectivity index (χ0v) is 20.9. The van der Waals surface area contributed by atoms with Crippen LogP contribution in [-0.4, -0.2) is 73.6 Å². The Morgan fingerprint density at radius 1 is 1.05 bits per heavy atom. The highest BCUT2D eigenvalue weighted by atomic mass is 19.3. The van der Waals surface area contributed by atoms with Crippen molar-refractivity contribution in [2.24, 2.45) is 0 Å². The van der Waals surface area contributed by atoms with Gasteiger partial charge in [0.15, 0.2) is 6.10 Å². The maximum atomic E-state index is 14.0. The van der Waals surface area contributed by atoms with Crippen LogP contribution >= 0.6 is 0 Å². The summed E-state index contributed by atoms with van der Waals surface area (Å²) in [5.74, 6) is -3.97. The third-order valence-corrected chi connectivity index (χ3v) is 5.21. The second kappa shape index (κ2) is 15.1. The van der Waals surface area contributed by atoms with Crippen LogP contribution in [0.4, 0.5) is 23.7 Å². The van der Waals surface area contributed by atoms with E-state index in [1.165, 1.54) is 23.1 Å². The molecule has 0 fully saturated rings. The van der Waals surface area contributed by atoms with E-state index in [1.807, 2.05) is 0 Å². The van der Waals surface area contributed by atoms with Crippen molar-refractivity contribution in [1.29, 1.82) is 0 Å². The second-order valence-corrected chi connectivity index (χ2v) is 8.31. The zero-order valence-electron chi connectivity index (χ0n) is 20.9. The number of nitrogens with one attached hydrogen (secondary N) is 1. The lowest BCUT2D eigenvalue weighted by Gasteiger charge is -2.23. The molecule has 11 heteroatoms. The van der Waals surface area contributed by atoms with Crippen LogP contribution in [0.25, 0.3) is 0 Å². The average Bonchev–Trinajstić information content (AvgIpc) is 2.84. The SMILES string of the molecule is CCOC(Cc1ccc(OCCN(CCOCCC(C)(F)F)C(=O)Nc2ccccc2F)cc1)C(=O)O. The summed E-state index contributed by atoms with van der Waals surface area (Å²) in [5, 5.41) is 11.7. The molecule has 37 heavy (non-hydrogen) atoms. The van der Waals surface area contributed by atoms with Gasteiger partial charge in [-0.3, -0.25) is 0 Å². The summed E-state index contributed by atoms with van der Waals surface area (Å²) < 4.78 is 56.0. The van der Waals surface area contributed by atoms with Gasteiger partial charge < -0.3 is 29.5 Å². The maximum absolute atomic E-state index is 14.0. The highest BCUT2D eigenvalue weighted by Crippen LogP contribution is 2.17. The third kappa shape index (κ3) is 11.5. The Morgan fingerprint density at radius 3 is 2.35 bits per heavy atom. The van der Waals surface area contributed by atoms with E-state index in [0.717, 1.165) is 12.5 Å². The first-order chi connectivity index (χ1) is 17.6. The van der Waals surface area contributed by atoms with E-state index in [2.05, 4.69) is 5.32 Å². The number of hydrogen-bond donors (Lipinski definition) is 2. The van der Waals surface area contributed by atoms with Crippen molar-refractivity contribution in [3.8, 4) is 5.75 Å². The molecule has 0 radical (unpaired) electrons. The molecule has 0 heterocycles. The van der Waals surface area contributed by atoms with Crippen LogP contribution in [0.2, 0.25) is 0 Å². The van der Waals surface area contributed by atoms with Crippen molar-refractivity contribution in [1.82, 2.24) is 4.90 Å². The molecule has 8 nitrogen and oxygen atoms in total. The molecule has 2 N–H and O–H groups in total. The molecule has 2 rings (SSSR count). The number of ether oxygens (including phenoxy) is 3. The largest absolute Gasteiger partial charge is 0.492 e. The summed E-state index contributed by atoms with van der Waals surface area (Å²) in [6.45, 7) is 2.94. The minimum absolute atomic E-state index is 0.00673. The van der Waals surface area contributed by atoms with Gasteiger partial charge in [-0.15, -0.1) is 0 Å². The zero-order chi connectivity index (χ0) is 27.3. The van der Waals surface area contributed by atoms with Crippen LogP contribution in [0.5, 0.6) is 5.75 Å². The number of amides is 2. The number of halogens is 3. The molecule has 0 saturated carbocycles. The topological polar surface area (TPSA) is 97.3 Å². The molecule has 2 aromatic rings. The number of aliphatic carboxylic acids is 1. The van der Waals surface area contributed by atoms with E-state index in [-0.39, 0.29) is 51.6 Å². The summed E-state index contributed by atoms with van der Waals surface area (Å²) in [4.78, 5) is 25.3. The van der Waals surface area contributed by atoms with E-state index < -0.39 is 36.3 Å². The predicted molar refractivity (Wildman–Crippen MR) is 132 cm³/mol. The van der Waals surface area contributed by atoms with Crippen LogP contribution in [0.3, 0.4) is 0 Å². The number of nitrogens with zero attached hydrogens (tertiary/aromatic N) is 1. The molecule has 0 spiro atoms. The van der Waals surface area contributed by atoms with Gasteiger partial charge >= 0.3 is 12.0 Å². The fraction of sp³-hybridized carbons (Fsp3) is 0.462. The molecule has 0 aliphatic rings. The van der Waals surface area contributed by atoms with Crippen LogP contribution in [-0.2, 0) is 20.7 Å². The summed E-state index contributed by atoms with van der Waals surface area (Å²) in [5.41, 5.74) is 0.765. The fourth-order valence-electron chi connectivity index (χ4n) is 3.23. The lowest BCUT2D eigenvalue weighted by molar-refractivity contribution is -0.149. The number of alkyl halides is 2. The number of rotatable bonds is 16. The van der Waals surface area contributed by atoms with E-state index >= 15 is 0 Å². The van der Waals surface area contributed by atoms with Gasteiger partial charge in [-0.2, -0.15) is 0 Å². The first-order valence-corrected chi connectivity index (χ1v) is 11.9. The molecule has 1 atom stereocenters. The average molecular weight is 527 g/mol. The molecule has 0 aliphatic carbocycles. The van der Waals surface area contributed by atoms with Crippen molar-refractivity contribution in [3.63, 3.8) is 0 Å². The quantitative estimate of drug-likeness (QED) is 0.304. The molecule has 1 unspecified atom stereocenters. The van der Waals surface area contributed by atoms with E-state index in [0.29, 0.717) is 5.75 Å². The first-order valence-electron chi connectivity index (χ1n) is 11.9. The highest BCUT2D eigenvalue weighted by molar-refractivity contribution is 5.89. The second-order valence-electron chi connectivity index (χ2n) is 8.31. The number of hydrogen-bond acceptors (Lipinski definition) is 5. The monoisotopic (exact) mass is 526 g/mol. The summed E-state index contributed by atoms with van der Waals surface area (Å²) in [6, 6.07) is 11.9. The normalized spacial score (nSPS) is 12.1. The van der Waals surface area contributed by atoms with Gasteiger partial charge in [0.25, 0.3) is 0 Å². The van der Waals surface area contributed by atoms with Gasteiger partial charge in [0, 0.05) is 26.0 Å². The number of anilines is 1. The molecule has 2 amide bonds. The van der Waals surface area contributed by atoms with Gasteiger partial charge in [0.1, 0.15) is 18.2 Å². The summed E-state index contributed by atoms with van der Waals surface area (Å²) >= 11 is 0. The van der Waals surface area contributed by atoms with Crippen LogP contribution in [0.1, 0.15) is 25.8 Å². The fourth-order valence-corrected chi connectivity index (χ4v) is 3.23. The van der Waals surface area contributed by atoms with Crippen molar-refractivity contribution in [2.45, 2.75) is 38.7 Å². The molecule has 0 aliphatic heterocycles. The number of carbonyl (C=O) groups excluding carboxylic acids is 1. The van der Waals surface area contributed by atoms with Crippen LogP contribution in [0.15, 0.2) is 48.5 Å². The van der Waals surface area contributed by atoms with Gasteiger partial charge in [-0.05, 0) is 43.7 Å². The third-order valence-electron chi connectivity index (χ3n) is 5.21. The van der Waals surface area contributed by atoms with Gasteiger partial charge in [0.2, 0.25) is 5.92 Å². The van der Waals surface area contributed by atoms with Crippen molar-refractivity contribution in [3.05, 3.63) is 59.9 Å². The molecule has 0 aromatic heterocycles. The van der Waals surface area contributed by atoms with E-state index in [4.69, 9.17) is 14.2 Å². The minimum Gasteiger partial charge on any atom is -0.492 e. The standard InChI is InChI=1S/C26H33F3N2O6/c1-3-36-23(24(32)33)18-19-8-10-20(11-9-19)37-17-14-31(13-16-35-15-12-26(2,28)29)25(34)30-22-7-5-4-6-21(22)27/h4-11,23H,3,12-18H2,1-2H3,(H,30,34)(H,32,33). The van der Waals surface area contributed by atoms with Crippen molar-refractivity contribution in [2.75, 3.05) is 44.8 Å². The Morgan fingerprint density at radius 2 is 1.73 bits per heavy atom. The van der Waals surface area contributed by atoms with E-state index in [1.54, 1.807) is 37.3 Å². The molecular weight excluding hydrogens is 493 g/mol. The Kier molecular flexibility index (Phi) is 12.2. The molecule has 0 bridgehead atoms. The number of carbonyl (C=O) groups is 2. The molecule has 2 aromatic carbocycles. The maximum Gasteiger partial charge on any atom is 0.333 e. The van der Waals surface area contributed by atoms with Crippen molar-refractivity contribution >= 4 is 17.7 Å². The number of carboxylic acids is 1. The highest BCUT2D eigenvalue weighted by Gasteiger charge is 2.21. The Hall–Kier alpha value is -3.31. The lowest BCUT2D eigenvalue weighted by atomic mass is 10.1. The lowest BCUT2D eigenvalue weighted by Crippen LogP contribution is -2.40. The summed E-state index contributed by atoms with van der Waals surface area (Å²) in [7, 11) is 0. The number of carboxylic acid groups (broad SMARTS) is 1. The first kappa shape index (κ1) is 29.9. The van der Waals surface area contributed by atoms with Crippen LogP contribution in [0, 0.1) is 5.82 Å². The number of benzene rings is 2. The van der Waals surface area contributed by atoms with E-state index in [9.17, 15) is 27.9 Å². The Labute approximate surface area is 214 Å². The summed E-state index contributed by atoms with van der Waals surface area (Å²) in [6.07, 6.45) is -1.17. The minimum atomic E-state index is -2.84. The Balaban J connectivity index is 1.92. The number of urea groups is 1. The molecule has 204 valence electrons. The number of para-hydroxylation sites is 1. The molecule has 0 saturated heterocycles. The predicted octanol–water partition coefficient (Wildman–Crippen LogP) is 4.83. The van der Waals surface area contributed by atoms with Gasteiger partial charge in [0.05, 0.1) is 25.4 Å². The smallest absolute Gasteiger partial charge is 0.333 e. The molecular formula is C26H33F3N2O6. The van der Waals surface area contributed by atoms with Gasteiger partial charge in [-0.25, -0.2) is 22.8 Å². The van der Waals surface area contributed by atoms with Gasteiger partial charge in [-0.1, -0.05) is 24.3 Å². The Bertz CT molecular complexity index is 985. The van der Waals surface area contributed by atoms with Crippen LogP contribution < -0.4 is 10.1 Å². The van der Waals surface area contributed by atoms with Crippen molar-refractivity contribution < 1.29 is 42.1 Å².